The van der Waals surface area contributed by atoms with Gasteiger partial charge in [0.05, 0.1) is 13.2 Å². The van der Waals surface area contributed by atoms with Gasteiger partial charge in [0, 0.05) is 32.2 Å². The van der Waals surface area contributed by atoms with Crippen LogP contribution in [0.4, 0.5) is 0 Å². The summed E-state index contributed by atoms with van der Waals surface area (Å²) in [5.41, 5.74) is 2.62. The monoisotopic (exact) mass is 400 g/mol. The SMILES string of the molecule is CSN1CCC(CCOc2coc(CN3Cc4ccccc4C3)cc2=O)CC1. The fourth-order valence-corrected chi connectivity index (χ4v) is 4.65. The Morgan fingerprint density at radius 2 is 1.89 bits per heavy atom. The second kappa shape index (κ2) is 9.16. The smallest absolute Gasteiger partial charge is 0.227 e. The van der Waals surface area contributed by atoms with Crippen LogP contribution in [0.1, 0.15) is 36.1 Å². The van der Waals surface area contributed by atoms with E-state index in [9.17, 15) is 4.79 Å². The van der Waals surface area contributed by atoms with Gasteiger partial charge in [0.15, 0.2) is 0 Å². The van der Waals surface area contributed by atoms with Gasteiger partial charge >= 0.3 is 0 Å². The molecule has 6 heteroatoms. The standard InChI is InChI=1S/C22H28N2O3S/c1-28-24-9-6-17(7-10-24)8-11-26-22-16-27-20(12-21(22)25)15-23-13-18-4-2-3-5-19(18)14-23/h2-5,12,16-17H,6-11,13-15H2,1H3. The molecular weight excluding hydrogens is 372 g/mol. The molecule has 4 rings (SSSR count). The van der Waals surface area contributed by atoms with Gasteiger partial charge in [-0.2, -0.15) is 0 Å². The van der Waals surface area contributed by atoms with E-state index in [4.69, 9.17) is 9.15 Å². The molecule has 0 unspecified atom stereocenters. The first kappa shape index (κ1) is 19.6. The van der Waals surface area contributed by atoms with Crippen LogP contribution in [0.5, 0.6) is 5.75 Å². The summed E-state index contributed by atoms with van der Waals surface area (Å²) in [5.74, 6) is 1.70. The zero-order valence-electron chi connectivity index (χ0n) is 16.4. The molecule has 1 aromatic heterocycles. The Morgan fingerprint density at radius 3 is 2.54 bits per heavy atom. The van der Waals surface area contributed by atoms with Crippen LogP contribution in [-0.4, -0.2) is 35.2 Å². The number of hydrogen-bond donors (Lipinski definition) is 0. The molecule has 0 bridgehead atoms. The fourth-order valence-electron chi connectivity index (χ4n) is 4.08. The molecule has 0 radical (unpaired) electrons. The molecular formula is C22H28N2O3S. The normalized spacial score (nSPS) is 18.3. The Bertz CT molecular complexity index is 821. The van der Waals surface area contributed by atoms with Crippen molar-refractivity contribution >= 4 is 11.9 Å². The molecule has 2 aromatic rings. The number of fused-ring (bicyclic) bond motifs is 1. The Labute approximate surface area is 170 Å². The van der Waals surface area contributed by atoms with E-state index in [0.717, 1.165) is 32.6 Å². The molecule has 2 aliphatic rings. The van der Waals surface area contributed by atoms with Gasteiger partial charge in [0.1, 0.15) is 12.0 Å². The third-order valence-corrected chi connectivity index (χ3v) is 6.63. The summed E-state index contributed by atoms with van der Waals surface area (Å²) in [4.78, 5) is 14.7. The third-order valence-electron chi connectivity index (χ3n) is 5.75. The number of rotatable bonds is 7. The van der Waals surface area contributed by atoms with Crippen molar-refractivity contribution < 1.29 is 9.15 Å². The van der Waals surface area contributed by atoms with Crippen LogP contribution >= 0.6 is 11.9 Å². The molecule has 0 saturated carbocycles. The van der Waals surface area contributed by atoms with Crippen molar-refractivity contribution in [2.75, 3.05) is 26.0 Å². The summed E-state index contributed by atoms with van der Waals surface area (Å²) in [6.45, 7) is 5.29. The Morgan fingerprint density at radius 1 is 1.18 bits per heavy atom. The maximum Gasteiger partial charge on any atom is 0.227 e. The minimum absolute atomic E-state index is 0.0878. The molecule has 0 atom stereocenters. The fraction of sp³-hybridized carbons (Fsp3) is 0.500. The second-order valence-electron chi connectivity index (χ2n) is 7.68. The van der Waals surface area contributed by atoms with Crippen LogP contribution in [-0.2, 0) is 19.6 Å². The molecule has 5 nitrogen and oxygen atoms in total. The van der Waals surface area contributed by atoms with Crippen molar-refractivity contribution in [3.05, 3.63) is 63.7 Å². The average Bonchev–Trinajstić information content (AvgIpc) is 3.12. The van der Waals surface area contributed by atoms with E-state index in [2.05, 4.69) is 39.7 Å². The maximum atomic E-state index is 12.4. The minimum atomic E-state index is -0.0878. The van der Waals surface area contributed by atoms with Gasteiger partial charge in [-0.25, -0.2) is 0 Å². The largest absolute Gasteiger partial charge is 0.487 e. The maximum absolute atomic E-state index is 12.4. The lowest BCUT2D eigenvalue weighted by Gasteiger charge is -2.29. The number of ether oxygens (including phenoxy) is 1. The predicted octanol–water partition coefficient (Wildman–Crippen LogP) is 3.91. The zero-order valence-corrected chi connectivity index (χ0v) is 17.2. The lowest BCUT2D eigenvalue weighted by Crippen LogP contribution is -2.29. The van der Waals surface area contributed by atoms with E-state index >= 15 is 0 Å². The highest BCUT2D eigenvalue weighted by Crippen LogP contribution is 2.25. The van der Waals surface area contributed by atoms with E-state index in [1.165, 1.54) is 30.2 Å². The minimum Gasteiger partial charge on any atom is -0.487 e. The van der Waals surface area contributed by atoms with Crippen molar-refractivity contribution in [3.8, 4) is 5.75 Å². The van der Waals surface area contributed by atoms with E-state index in [0.29, 0.717) is 30.6 Å². The number of benzene rings is 1. The Balaban J connectivity index is 1.25. The molecule has 1 fully saturated rings. The van der Waals surface area contributed by atoms with Gasteiger partial charge in [0.2, 0.25) is 11.2 Å². The van der Waals surface area contributed by atoms with Crippen LogP contribution < -0.4 is 10.2 Å². The highest BCUT2D eigenvalue weighted by atomic mass is 32.2. The zero-order chi connectivity index (χ0) is 19.3. The highest BCUT2D eigenvalue weighted by molar-refractivity contribution is 7.96. The van der Waals surface area contributed by atoms with Crippen LogP contribution in [0.3, 0.4) is 0 Å². The molecule has 150 valence electrons. The third kappa shape index (κ3) is 4.80. The lowest BCUT2D eigenvalue weighted by molar-refractivity contribution is 0.217. The summed E-state index contributed by atoms with van der Waals surface area (Å²) in [5, 5.41) is 0. The van der Waals surface area contributed by atoms with Gasteiger partial charge in [-0.05, 0) is 42.6 Å². The first-order chi connectivity index (χ1) is 13.7. The number of nitrogens with zero attached hydrogens (tertiary/aromatic N) is 2. The van der Waals surface area contributed by atoms with Gasteiger partial charge in [0.25, 0.3) is 0 Å². The van der Waals surface area contributed by atoms with E-state index in [1.807, 2.05) is 11.9 Å². The van der Waals surface area contributed by atoms with Crippen molar-refractivity contribution in [2.24, 2.45) is 5.92 Å². The Kier molecular flexibility index (Phi) is 6.40. The van der Waals surface area contributed by atoms with Crippen LogP contribution in [0, 0.1) is 5.92 Å². The van der Waals surface area contributed by atoms with Crippen molar-refractivity contribution in [1.29, 1.82) is 0 Å². The Hall–Kier alpha value is -1.76. The number of hydrogen-bond acceptors (Lipinski definition) is 6. The molecule has 1 aromatic carbocycles. The van der Waals surface area contributed by atoms with Gasteiger partial charge in [-0.3, -0.25) is 14.0 Å². The predicted molar refractivity (Wildman–Crippen MR) is 112 cm³/mol. The molecule has 1 saturated heterocycles. The van der Waals surface area contributed by atoms with Gasteiger partial charge in [-0.15, -0.1) is 0 Å². The first-order valence-corrected chi connectivity index (χ1v) is 11.2. The topological polar surface area (TPSA) is 45.9 Å². The van der Waals surface area contributed by atoms with Crippen molar-refractivity contribution in [2.45, 2.75) is 38.9 Å². The summed E-state index contributed by atoms with van der Waals surface area (Å²) in [7, 11) is 0. The quantitative estimate of drug-likeness (QED) is 0.657. The molecule has 0 aliphatic carbocycles. The molecule has 0 N–H and O–H groups in total. The van der Waals surface area contributed by atoms with E-state index in [1.54, 1.807) is 6.07 Å². The molecule has 2 aliphatic heterocycles. The molecule has 28 heavy (non-hydrogen) atoms. The lowest BCUT2D eigenvalue weighted by atomic mass is 9.95. The van der Waals surface area contributed by atoms with Gasteiger partial charge < -0.3 is 9.15 Å². The second-order valence-corrected chi connectivity index (χ2v) is 8.56. The van der Waals surface area contributed by atoms with E-state index in [-0.39, 0.29) is 5.43 Å². The van der Waals surface area contributed by atoms with E-state index < -0.39 is 0 Å². The van der Waals surface area contributed by atoms with Crippen LogP contribution in [0.15, 0.2) is 45.8 Å². The summed E-state index contributed by atoms with van der Waals surface area (Å²) in [6, 6.07) is 10.0. The molecule has 3 heterocycles. The van der Waals surface area contributed by atoms with Crippen molar-refractivity contribution in [3.63, 3.8) is 0 Å². The summed E-state index contributed by atoms with van der Waals surface area (Å²) < 4.78 is 13.8. The number of piperidine rings is 1. The summed E-state index contributed by atoms with van der Waals surface area (Å²) >= 11 is 1.82. The van der Waals surface area contributed by atoms with Crippen LogP contribution in [0.25, 0.3) is 0 Å². The average molecular weight is 401 g/mol. The van der Waals surface area contributed by atoms with Gasteiger partial charge in [-0.1, -0.05) is 36.2 Å². The first-order valence-electron chi connectivity index (χ1n) is 10.0. The summed E-state index contributed by atoms with van der Waals surface area (Å²) in [6.07, 6.45) is 7.02. The van der Waals surface area contributed by atoms with Crippen LogP contribution in [0.2, 0.25) is 0 Å². The highest BCUT2D eigenvalue weighted by Gasteiger charge is 2.20. The molecule has 0 amide bonds. The molecule has 0 spiro atoms. The van der Waals surface area contributed by atoms with Crippen molar-refractivity contribution in [1.82, 2.24) is 9.21 Å².